The van der Waals surface area contributed by atoms with Crippen LogP contribution in [0.1, 0.15) is 13.3 Å². The molecule has 10 heteroatoms. The van der Waals surface area contributed by atoms with Gasteiger partial charge in [-0.2, -0.15) is 4.37 Å². The van der Waals surface area contributed by atoms with Crippen molar-refractivity contribution in [1.29, 1.82) is 0 Å². The molecule has 1 amide bonds. The third-order valence-corrected chi connectivity index (χ3v) is 4.00. The molecule has 0 spiro atoms. The molecule has 2 N–H and O–H groups in total. The van der Waals surface area contributed by atoms with Crippen LogP contribution in [0.25, 0.3) is 11.2 Å². The fraction of sp³-hybridized carbons (Fsp3) is 0.143. The predicted molar refractivity (Wildman–Crippen MR) is 91.4 cm³/mol. The summed E-state index contributed by atoms with van der Waals surface area (Å²) >= 11 is 7.09. The Hall–Kier alpha value is -2.65. The molecule has 0 aliphatic rings. The second kappa shape index (κ2) is 6.85. The van der Waals surface area contributed by atoms with E-state index in [0.29, 0.717) is 21.9 Å². The lowest BCUT2D eigenvalue weighted by Crippen LogP contribution is -2.09. The highest BCUT2D eigenvalue weighted by molar-refractivity contribution is 7.11. The Labute approximate surface area is 145 Å². The van der Waals surface area contributed by atoms with E-state index < -0.39 is 0 Å². The van der Waals surface area contributed by atoms with E-state index in [9.17, 15) is 9.90 Å². The van der Waals surface area contributed by atoms with Crippen LogP contribution < -0.4 is 5.32 Å². The standard InChI is InChI=1S/C14H11ClN6O2S/c1-2-10(22)18-9-6-7(5-8(15)12(9)23)19-20-14-11-13(21-24-14)17-4-3-16-11/h3-6,23H,2H2,1H3,(H,18,22)/b20-19+. The number of aromatic hydroxyl groups is 1. The molecule has 2 aromatic heterocycles. The van der Waals surface area contributed by atoms with Crippen molar-refractivity contribution in [2.45, 2.75) is 13.3 Å². The van der Waals surface area contributed by atoms with Gasteiger partial charge >= 0.3 is 0 Å². The van der Waals surface area contributed by atoms with Gasteiger partial charge in [-0.25, -0.2) is 9.97 Å². The number of amides is 1. The Bertz CT molecular complexity index is 942. The minimum absolute atomic E-state index is 0.0619. The molecule has 0 fully saturated rings. The molecule has 8 nitrogen and oxygen atoms in total. The molecular weight excluding hydrogens is 352 g/mol. The Morgan fingerprint density at radius 1 is 1.33 bits per heavy atom. The first-order valence-corrected chi connectivity index (χ1v) is 8.04. The molecule has 2 heterocycles. The zero-order chi connectivity index (χ0) is 17.1. The summed E-state index contributed by atoms with van der Waals surface area (Å²) in [5.41, 5.74) is 1.60. The lowest BCUT2D eigenvalue weighted by Gasteiger charge is -2.08. The lowest BCUT2D eigenvalue weighted by molar-refractivity contribution is -0.115. The summed E-state index contributed by atoms with van der Waals surface area (Å²) in [4.78, 5) is 19.7. The average Bonchev–Trinajstić information content (AvgIpc) is 3.00. The summed E-state index contributed by atoms with van der Waals surface area (Å²) in [6.07, 6.45) is 3.37. The number of phenolic OH excluding ortho intramolecular Hbond substituents is 1. The molecule has 0 radical (unpaired) electrons. The molecule has 0 bridgehead atoms. The smallest absolute Gasteiger partial charge is 0.224 e. The third kappa shape index (κ3) is 3.31. The van der Waals surface area contributed by atoms with Crippen LogP contribution in [-0.4, -0.2) is 25.4 Å². The van der Waals surface area contributed by atoms with Gasteiger partial charge in [0.1, 0.15) is 5.52 Å². The molecule has 0 unspecified atom stereocenters. The summed E-state index contributed by atoms with van der Waals surface area (Å²) < 4.78 is 4.12. The van der Waals surface area contributed by atoms with Gasteiger partial charge in [0.25, 0.3) is 0 Å². The van der Waals surface area contributed by atoms with Gasteiger partial charge < -0.3 is 10.4 Å². The number of fused-ring (bicyclic) bond motifs is 1. The first-order chi connectivity index (χ1) is 11.6. The number of benzene rings is 1. The molecule has 0 aliphatic carbocycles. The van der Waals surface area contributed by atoms with Crippen LogP contribution in [0.5, 0.6) is 5.75 Å². The maximum Gasteiger partial charge on any atom is 0.224 e. The van der Waals surface area contributed by atoms with Gasteiger partial charge in [0.2, 0.25) is 5.91 Å². The molecular formula is C14H11ClN6O2S. The lowest BCUT2D eigenvalue weighted by atomic mass is 10.2. The van der Waals surface area contributed by atoms with Crippen LogP contribution in [0.3, 0.4) is 0 Å². The van der Waals surface area contributed by atoms with Gasteiger partial charge in [-0.3, -0.25) is 4.79 Å². The Morgan fingerprint density at radius 2 is 2.12 bits per heavy atom. The number of halogens is 1. The van der Waals surface area contributed by atoms with Gasteiger partial charge in [-0.15, -0.1) is 10.2 Å². The maximum absolute atomic E-state index is 11.5. The summed E-state index contributed by atoms with van der Waals surface area (Å²) in [5, 5.41) is 21.2. The van der Waals surface area contributed by atoms with Gasteiger partial charge in [-0.05, 0) is 23.7 Å². The van der Waals surface area contributed by atoms with Crippen LogP contribution >= 0.6 is 23.1 Å². The quantitative estimate of drug-likeness (QED) is 0.533. The van der Waals surface area contributed by atoms with Gasteiger partial charge in [0, 0.05) is 18.8 Å². The van der Waals surface area contributed by atoms with Crippen molar-refractivity contribution < 1.29 is 9.90 Å². The number of anilines is 1. The van der Waals surface area contributed by atoms with Crippen molar-refractivity contribution >= 4 is 56.6 Å². The summed E-state index contributed by atoms with van der Waals surface area (Å²) in [6, 6.07) is 2.92. The molecule has 1 aromatic carbocycles. The number of aromatic nitrogens is 3. The number of carbonyl (C=O) groups is 1. The molecule has 0 aliphatic heterocycles. The molecule has 0 atom stereocenters. The summed E-state index contributed by atoms with van der Waals surface area (Å²) in [6.45, 7) is 1.70. The molecule has 122 valence electrons. The number of hydrogen-bond donors (Lipinski definition) is 2. The number of azo groups is 1. The Morgan fingerprint density at radius 3 is 2.92 bits per heavy atom. The molecule has 3 aromatic rings. The first-order valence-electron chi connectivity index (χ1n) is 6.89. The third-order valence-electron chi connectivity index (χ3n) is 3.00. The Kier molecular flexibility index (Phi) is 4.63. The van der Waals surface area contributed by atoms with Gasteiger partial charge in [0.15, 0.2) is 16.4 Å². The SMILES string of the molecule is CCC(=O)Nc1cc(/N=N/c2snc3nccnc23)cc(Cl)c1O. The van der Waals surface area contributed by atoms with Crippen molar-refractivity contribution in [2.75, 3.05) is 5.32 Å². The zero-order valence-electron chi connectivity index (χ0n) is 12.4. The largest absolute Gasteiger partial charge is 0.504 e. The number of hydrogen-bond acceptors (Lipinski definition) is 8. The minimum atomic E-state index is -0.251. The van der Waals surface area contributed by atoms with E-state index in [1.165, 1.54) is 12.1 Å². The van der Waals surface area contributed by atoms with Crippen molar-refractivity contribution in [1.82, 2.24) is 14.3 Å². The van der Waals surface area contributed by atoms with Crippen LogP contribution in [0, 0.1) is 0 Å². The van der Waals surface area contributed by atoms with E-state index in [2.05, 4.69) is 29.9 Å². The van der Waals surface area contributed by atoms with Gasteiger partial charge in [0.05, 0.1) is 16.4 Å². The van der Waals surface area contributed by atoms with Crippen LogP contribution in [0.4, 0.5) is 16.4 Å². The number of phenols is 1. The van der Waals surface area contributed by atoms with Crippen molar-refractivity contribution in [3.05, 3.63) is 29.5 Å². The molecule has 24 heavy (non-hydrogen) atoms. The molecule has 0 saturated heterocycles. The first kappa shape index (κ1) is 16.2. The number of carbonyl (C=O) groups excluding carboxylic acids is 1. The van der Waals surface area contributed by atoms with E-state index in [1.807, 2.05) is 0 Å². The normalized spacial score (nSPS) is 11.2. The highest BCUT2D eigenvalue weighted by atomic mass is 35.5. The topological polar surface area (TPSA) is 113 Å². The van der Waals surface area contributed by atoms with Crippen LogP contribution in [0.15, 0.2) is 34.8 Å². The van der Waals surface area contributed by atoms with Crippen molar-refractivity contribution in [2.24, 2.45) is 10.2 Å². The number of rotatable bonds is 4. The van der Waals surface area contributed by atoms with E-state index in [1.54, 1.807) is 19.3 Å². The summed E-state index contributed by atoms with van der Waals surface area (Å²) in [5.74, 6) is -0.467. The maximum atomic E-state index is 11.5. The van der Waals surface area contributed by atoms with Crippen LogP contribution in [0.2, 0.25) is 5.02 Å². The van der Waals surface area contributed by atoms with Crippen molar-refractivity contribution in [3.8, 4) is 5.75 Å². The monoisotopic (exact) mass is 362 g/mol. The van der Waals surface area contributed by atoms with E-state index in [0.717, 1.165) is 11.5 Å². The van der Waals surface area contributed by atoms with E-state index >= 15 is 0 Å². The van der Waals surface area contributed by atoms with Crippen LogP contribution in [-0.2, 0) is 4.79 Å². The fourth-order valence-corrected chi connectivity index (χ4v) is 2.65. The van der Waals surface area contributed by atoms with E-state index in [-0.39, 0.29) is 28.8 Å². The number of nitrogens with zero attached hydrogens (tertiary/aromatic N) is 5. The van der Waals surface area contributed by atoms with E-state index in [4.69, 9.17) is 11.6 Å². The Balaban J connectivity index is 1.93. The highest BCUT2D eigenvalue weighted by Crippen LogP contribution is 2.37. The molecule has 3 rings (SSSR count). The zero-order valence-corrected chi connectivity index (χ0v) is 14.0. The van der Waals surface area contributed by atoms with Gasteiger partial charge in [-0.1, -0.05) is 18.5 Å². The summed E-state index contributed by atoms with van der Waals surface area (Å²) in [7, 11) is 0. The highest BCUT2D eigenvalue weighted by Gasteiger charge is 2.11. The predicted octanol–water partition coefficient (Wildman–Crippen LogP) is 4.21. The average molecular weight is 363 g/mol. The fourth-order valence-electron chi connectivity index (χ4n) is 1.82. The number of nitrogens with one attached hydrogen (secondary N) is 1. The second-order valence-electron chi connectivity index (χ2n) is 4.64. The minimum Gasteiger partial charge on any atom is -0.504 e. The second-order valence-corrected chi connectivity index (χ2v) is 5.80. The molecule has 0 saturated carbocycles. The van der Waals surface area contributed by atoms with Crippen molar-refractivity contribution in [3.63, 3.8) is 0 Å².